The largest absolute Gasteiger partial charge is 0.383 e. The molecular formula is C15H21IN2O3. The van der Waals surface area contributed by atoms with Crippen molar-refractivity contribution in [3.63, 3.8) is 0 Å². The SMILES string of the molecule is CC(C)C[C@H](O)C(=O)N[C@H](Cc1cccc(I)c1)C(N)=O. The Bertz CT molecular complexity index is 505. The molecule has 6 heteroatoms. The maximum absolute atomic E-state index is 11.9. The smallest absolute Gasteiger partial charge is 0.249 e. The number of halogens is 1. The van der Waals surface area contributed by atoms with Crippen LogP contribution >= 0.6 is 22.6 Å². The Labute approximate surface area is 138 Å². The molecule has 0 aromatic heterocycles. The Morgan fingerprint density at radius 1 is 1.38 bits per heavy atom. The molecule has 0 spiro atoms. The maximum atomic E-state index is 11.9. The summed E-state index contributed by atoms with van der Waals surface area (Å²) >= 11 is 2.18. The number of amides is 2. The summed E-state index contributed by atoms with van der Waals surface area (Å²) in [6.07, 6.45) is -0.463. The highest BCUT2D eigenvalue weighted by Gasteiger charge is 2.23. The van der Waals surface area contributed by atoms with Crippen LogP contribution < -0.4 is 11.1 Å². The molecule has 0 aliphatic carbocycles. The summed E-state index contributed by atoms with van der Waals surface area (Å²) in [5.74, 6) is -0.981. The van der Waals surface area contributed by atoms with Crippen molar-refractivity contribution in [2.45, 2.75) is 38.8 Å². The first-order valence-electron chi connectivity index (χ1n) is 6.81. The van der Waals surface area contributed by atoms with Crippen molar-refractivity contribution in [3.8, 4) is 0 Å². The highest BCUT2D eigenvalue weighted by Crippen LogP contribution is 2.10. The Morgan fingerprint density at radius 3 is 2.57 bits per heavy atom. The molecule has 2 atom stereocenters. The molecule has 1 rings (SSSR count). The van der Waals surface area contributed by atoms with Gasteiger partial charge < -0.3 is 16.2 Å². The normalized spacial score (nSPS) is 13.8. The van der Waals surface area contributed by atoms with Crippen LogP contribution in [0.1, 0.15) is 25.8 Å². The van der Waals surface area contributed by atoms with Crippen molar-refractivity contribution in [2.24, 2.45) is 11.7 Å². The number of aliphatic hydroxyl groups excluding tert-OH is 1. The minimum Gasteiger partial charge on any atom is -0.383 e. The van der Waals surface area contributed by atoms with Crippen LogP contribution in [0.15, 0.2) is 24.3 Å². The molecule has 5 nitrogen and oxygen atoms in total. The van der Waals surface area contributed by atoms with Gasteiger partial charge in [0.25, 0.3) is 0 Å². The molecule has 0 aliphatic rings. The minimum absolute atomic E-state index is 0.188. The van der Waals surface area contributed by atoms with Gasteiger partial charge in [-0.2, -0.15) is 0 Å². The third kappa shape index (κ3) is 6.43. The lowest BCUT2D eigenvalue weighted by molar-refractivity contribution is -0.133. The molecule has 4 N–H and O–H groups in total. The molecule has 0 unspecified atom stereocenters. The van der Waals surface area contributed by atoms with Gasteiger partial charge in [0.1, 0.15) is 12.1 Å². The highest BCUT2D eigenvalue weighted by atomic mass is 127. The first-order chi connectivity index (χ1) is 9.79. The van der Waals surface area contributed by atoms with Crippen LogP contribution in [0.5, 0.6) is 0 Å². The fourth-order valence-corrected chi connectivity index (χ4v) is 2.55. The van der Waals surface area contributed by atoms with Gasteiger partial charge in [0.2, 0.25) is 11.8 Å². The number of nitrogens with one attached hydrogen (secondary N) is 1. The minimum atomic E-state index is -1.12. The van der Waals surface area contributed by atoms with E-state index < -0.39 is 24.0 Å². The molecule has 0 bridgehead atoms. The Kier molecular flexibility index (Phi) is 7.10. The van der Waals surface area contributed by atoms with E-state index in [0.29, 0.717) is 12.8 Å². The van der Waals surface area contributed by atoms with Crippen molar-refractivity contribution in [1.82, 2.24) is 5.32 Å². The molecule has 2 amide bonds. The summed E-state index contributed by atoms with van der Waals surface area (Å²) in [5, 5.41) is 12.3. The summed E-state index contributed by atoms with van der Waals surface area (Å²) in [6.45, 7) is 3.82. The first kappa shape index (κ1) is 17.9. The first-order valence-corrected chi connectivity index (χ1v) is 7.89. The quantitative estimate of drug-likeness (QED) is 0.597. The van der Waals surface area contributed by atoms with Crippen LogP contribution in [0.3, 0.4) is 0 Å². The Balaban J connectivity index is 2.70. The summed E-state index contributed by atoms with van der Waals surface area (Å²) in [5.41, 5.74) is 6.24. The van der Waals surface area contributed by atoms with E-state index in [4.69, 9.17) is 5.73 Å². The highest BCUT2D eigenvalue weighted by molar-refractivity contribution is 14.1. The second-order valence-electron chi connectivity index (χ2n) is 5.44. The van der Waals surface area contributed by atoms with E-state index in [9.17, 15) is 14.7 Å². The number of hydrogen-bond acceptors (Lipinski definition) is 3. The third-order valence-corrected chi connectivity index (χ3v) is 3.66. The van der Waals surface area contributed by atoms with Crippen LogP contribution in [-0.2, 0) is 16.0 Å². The molecule has 116 valence electrons. The number of carbonyl (C=O) groups excluding carboxylic acids is 2. The van der Waals surface area contributed by atoms with E-state index in [2.05, 4.69) is 27.9 Å². The standard InChI is InChI=1S/C15H21IN2O3/c1-9(2)6-13(19)15(21)18-12(14(17)20)8-10-4-3-5-11(16)7-10/h3-5,7,9,12-13,19H,6,8H2,1-2H3,(H2,17,20)(H,18,21)/t12-,13+/m1/s1. The van der Waals surface area contributed by atoms with E-state index in [1.807, 2.05) is 38.1 Å². The molecule has 21 heavy (non-hydrogen) atoms. The number of carbonyl (C=O) groups is 2. The van der Waals surface area contributed by atoms with Crippen molar-refractivity contribution in [1.29, 1.82) is 0 Å². The van der Waals surface area contributed by atoms with Crippen molar-refractivity contribution >= 4 is 34.4 Å². The van der Waals surface area contributed by atoms with Gasteiger partial charge in [-0.15, -0.1) is 0 Å². The average molecular weight is 404 g/mol. The Morgan fingerprint density at radius 2 is 2.05 bits per heavy atom. The van der Waals surface area contributed by atoms with Crippen LogP contribution in [0.2, 0.25) is 0 Å². The van der Waals surface area contributed by atoms with Crippen molar-refractivity contribution in [3.05, 3.63) is 33.4 Å². The van der Waals surface area contributed by atoms with Crippen molar-refractivity contribution < 1.29 is 14.7 Å². The number of rotatable bonds is 7. The Hall–Kier alpha value is -1.15. The predicted octanol–water partition coefficient (Wildman–Crippen LogP) is 1.21. The van der Waals surface area contributed by atoms with Gasteiger partial charge in [0, 0.05) is 9.99 Å². The van der Waals surface area contributed by atoms with Gasteiger partial charge in [0.15, 0.2) is 0 Å². The second kappa shape index (κ2) is 8.33. The zero-order valence-corrected chi connectivity index (χ0v) is 14.3. The lowest BCUT2D eigenvalue weighted by Crippen LogP contribution is -2.49. The number of hydrogen-bond donors (Lipinski definition) is 3. The lowest BCUT2D eigenvalue weighted by Gasteiger charge is -2.19. The summed E-state index contributed by atoms with van der Waals surface area (Å²) < 4.78 is 1.04. The number of aliphatic hydroxyl groups is 1. The molecule has 0 saturated heterocycles. The number of nitrogens with two attached hydrogens (primary N) is 1. The lowest BCUT2D eigenvalue weighted by atomic mass is 10.0. The molecule has 1 aromatic carbocycles. The molecule has 0 aliphatic heterocycles. The van der Waals surface area contributed by atoms with E-state index in [1.54, 1.807) is 0 Å². The zero-order chi connectivity index (χ0) is 16.0. The number of primary amides is 1. The van der Waals surface area contributed by atoms with Crippen molar-refractivity contribution in [2.75, 3.05) is 0 Å². The molecule has 0 heterocycles. The van der Waals surface area contributed by atoms with Gasteiger partial charge in [-0.3, -0.25) is 9.59 Å². The molecule has 0 saturated carbocycles. The molecular weight excluding hydrogens is 383 g/mol. The van der Waals surface area contributed by atoms with Crippen LogP contribution in [-0.4, -0.2) is 29.1 Å². The summed E-state index contributed by atoms with van der Waals surface area (Å²) in [7, 11) is 0. The van der Waals surface area contributed by atoms with E-state index in [-0.39, 0.29) is 5.92 Å². The fraction of sp³-hybridized carbons (Fsp3) is 0.467. The van der Waals surface area contributed by atoms with Gasteiger partial charge in [-0.05, 0) is 52.6 Å². The van der Waals surface area contributed by atoms with Gasteiger partial charge in [0.05, 0.1) is 0 Å². The fourth-order valence-electron chi connectivity index (χ4n) is 1.94. The summed E-state index contributed by atoms with van der Waals surface area (Å²) in [4.78, 5) is 23.4. The topological polar surface area (TPSA) is 92.4 Å². The molecule has 0 radical (unpaired) electrons. The summed E-state index contributed by atoms with van der Waals surface area (Å²) in [6, 6.07) is 6.79. The van der Waals surface area contributed by atoms with E-state index >= 15 is 0 Å². The van der Waals surface area contributed by atoms with Crippen LogP contribution in [0.4, 0.5) is 0 Å². The monoisotopic (exact) mass is 404 g/mol. The van der Waals surface area contributed by atoms with Crippen LogP contribution in [0.25, 0.3) is 0 Å². The third-order valence-electron chi connectivity index (χ3n) is 2.99. The molecule has 0 fully saturated rings. The van der Waals surface area contributed by atoms with Gasteiger partial charge >= 0.3 is 0 Å². The zero-order valence-electron chi connectivity index (χ0n) is 12.2. The number of benzene rings is 1. The van der Waals surface area contributed by atoms with E-state index in [1.165, 1.54) is 0 Å². The van der Waals surface area contributed by atoms with Crippen LogP contribution in [0, 0.1) is 9.49 Å². The van der Waals surface area contributed by atoms with Gasteiger partial charge in [-0.25, -0.2) is 0 Å². The molecule has 1 aromatic rings. The second-order valence-corrected chi connectivity index (χ2v) is 6.69. The average Bonchev–Trinajstić information content (AvgIpc) is 2.36. The maximum Gasteiger partial charge on any atom is 0.249 e. The predicted molar refractivity (Wildman–Crippen MR) is 89.4 cm³/mol. The van der Waals surface area contributed by atoms with E-state index in [0.717, 1.165) is 9.13 Å². The van der Waals surface area contributed by atoms with Gasteiger partial charge in [-0.1, -0.05) is 26.0 Å².